The molecule has 1 aromatic rings. The van der Waals surface area contributed by atoms with Gasteiger partial charge in [-0.05, 0) is 31.5 Å². The van der Waals surface area contributed by atoms with Crippen molar-refractivity contribution in [1.29, 1.82) is 0 Å². The molecule has 0 aromatic heterocycles. The normalized spacial score (nSPS) is 28.9. The molecular formula is C18H24N4O2. The Morgan fingerprint density at radius 3 is 2.83 bits per heavy atom. The van der Waals surface area contributed by atoms with Crippen LogP contribution in [-0.4, -0.2) is 62.2 Å². The van der Waals surface area contributed by atoms with Crippen molar-refractivity contribution in [2.45, 2.75) is 31.5 Å². The maximum absolute atomic E-state index is 12.9. The molecule has 0 spiro atoms. The second-order valence-electron chi connectivity index (χ2n) is 7.24. The Labute approximate surface area is 142 Å². The van der Waals surface area contributed by atoms with Crippen molar-refractivity contribution in [2.24, 2.45) is 0 Å². The fourth-order valence-corrected chi connectivity index (χ4v) is 4.56. The van der Waals surface area contributed by atoms with Crippen LogP contribution in [0.15, 0.2) is 12.1 Å². The first-order valence-electron chi connectivity index (χ1n) is 9.10. The van der Waals surface area contributed by atoms with E-state index in [1.54, 1.807) is 0 Å². The zero-order chi connectivity index (χ0) is 16.1. The number of anilines is 1. The number of ether oxygens (including phenoxy) is 1. The summed E-state index contributed by atoms with van der Waals surface area (Å²) in [6.45, 7) is 6.35. The van der Waals surface area contributed by atoms with E-state index in [1.165, 1.54) is 5.69 Å². The summed E-state index contributed by atoms with van der Waals surface area (Å²) in [7, 11) is 0. The molecule has 0 bridgehead atoms. The van der Waals surface area contributed by atoms with Gasteiger partial charge in [0, 0.05) is 43.3 Å². The number of hydrogen-bond acceptors (Lipinski definition) is 5. The molecule has 6 nitrogen and oxygen atoms in total. The Bertz CT molecular complexity index is 671. The minimum absolute atomic E-state index is 0.174. The number of carbonyl (C=O) groups is 1. The quantitative estimate of drug-likeness (QED) is 0.789. The zero-order valence-corrected chi connectivity index (χ0v) is 13.9. The first-order chi connectivity index (χ1) is 11.8. The number of rotatable bonds is 1. The van der Waals surface area contributed by atoms with Crippen LogP contribution in [0.1, 0.15) is 28.8 Å². The van der Waals surface area contributed by atoms with Crippen molar-refractivity contribution >= 4 is 11.6 Å². The van der Waals surface area contributed by atoms with Gasteiger partial charge in [-0.1, -0.05) is 0 Å². The summed E-state index contributed by atoms with van der Waals surface area (Å²) < 4.78 is 6.14. The standard InChI is InChI=1S/C18H24N4O2/c23-18-14-3-4-16-17(24-11-13-9-20-6-7-21(13)16)15(14)10-22(18)12-2-1-5-19-8-12/h3-4,12-13,19-20H,1-2,5-11H2/t12-,13+/m0/s1. The van der Waals surface area contributed by atoms with Gasteiger partial charge >= 0.3 is 0 Å². The molecule has 2 fully saturated rings. The van der Waals surface area contributed by atoms with Crippen LogP contribution in [-0.2, 0) is 6.54 Å². The number of benzene rings is 1. The number of carbonyl (C=O) groups excluding carboxylic acids is 1. The summed E-state index contributed by atoms with van der Waals surface area (Å²) >= 11 is 0. The summed E-state index contributed by atoms with van der Waals surface area (Å²) in [5.74, 6) is 1.12. The fourth-order valence-electron chi connectivity index (χ4n) is 4.56. The smallest absolute Gasteiger partial charge is 0.254 e. The Morgan fingerprint density at radius 1 is 1.08 bits per heavy atom. The van der Waals surface area contributed by atoms with E-state index in [9.17, 15) is 4.79 Å². The topological polar surface area (TPSA) is 56.8 Å². The first-order valence-corrected chi connectivity index (χ1v) is 9.10. The second kappa shape index (κ2) is 5.63. The molecule has 2 N–H and O–H groups in total. The highest BCUT2D eigenvalue weighted by Crippen LogP contribution is 2.43. The van der Waals surface area contributed by atoms with E-state index >= 15 is 0 Å². The van der Waals surface area contributed by atoms with E-state index in [2.05, 4.69) is 21.6 Å². The number of amides is 1. The van der Waals surface area contributed by atoms with Crippen molar-refractivity contribution in [3.8, 4) is 5.75 Å². The summed E-state index contributed by atoms with van der Waals surface area (Å²) in [6.07, 6.45) is 2.23. The Balaban J connectivity index is 1.48. The van der Waals surface area contributed by atoms with E-state index in [4.69, 9.17) is 4.74 Å². The number of fused-ring (bicyclic) bond motifs is 5. The number of nitrogens with zero attached hydrogens (tertiary/aromatic N) is 2. The van der Waals surface area contributed by atoms with Gasteiger partial charge in [-0.15, -0.1) is 0 Å². The zero-order valence-electron chi connectivity index (χ0n) is 13.9. The van der Waals surface area contributed by atoms with Crippen molar-refractivity contribution in [3.63, 3.8) is 0 Å². The van der Waals surface area contributed by atoms with Gasteiger partial charge in [-0.2, -0.15) is 0 Å². The second-order valence-corrected chi connectivity index (χ2v) is 7.24. The summed E-state index contributed by atoms with van der Waals surface area (Å²) in [5.41, 5.74) is 3.11. The SMILES string of the molecule is O=C1c2ccc3c(c2CN1[C@H]1CCCNC1)OC[C@H]1CNCCN31. The summed E-state index contributed by atoms with van der Waals surface area (Å²) in [6, 6.07) is 4.82. The highest BCUT2D eigenvalue weighted by molar-refractivity contribution is 6.00. The molecule has 4 aliphatic rings. The van der Waals surface area contributed by atoms with Crippen LogP contribution in [0.5, 0.6) is 5.75 Å². The monoisotopic (exact) mass is 328 g/mol. The van der Waals surface area contributed by atoms with Crippen molar-refractivity contribution in [3.05, 3.63) is 23.3 Å². The number of piperazine rings is 1. The highest BCUT2D eigenvalue weighted by Gasteiger charge is 2.39. The van der Waals surface area contributed by atoms with Gasteiger partial charge in [0.25, 0.3) is 5.91 Å². The van der Waals surface area contributed by atoms with Gasteiger partial charge in [-0.3, -0.25) is 4.79 Å². The molecule has 0 aliphatic carbocycles. The summed E-state index contributed by atoms with van der Waals surface area (Å²) in [4.78, 5) is 17.4. The third-order valence-corrected chi connectivity index (χ3v) is 5.85. The van der Waals surface area contributed by atoms with Gasteiger partial charge in [0.05, 0.1) is 18.3 Å². The molecule has 0 saturated carbocycles. The van der Waals surface area contributed by atoms with Crippen LogP contribution in [0.4, 0.5) is 5.69 Å². The molecule has 2 saturated heterocycles. The van der Waals surface area contributed by atoms with Crippen LogP contribution in [0.25, 0.3) is 0 Å². The molecule has 4 heterocycles. The molecule has 128 valence electrons. The molecular weight excluding hydrogens is 304 g/mol. The lowest BCUT2D eigenvalue weighted by Gasteiger charge is -2.42. The van der Waals surface area contributed by atoms with E-state index in [-0.39, 0.29) is 5.91 Å². The molecule has 1 amide bonds. The molecule has 6 heteroatoms. The Kier molecular flexibility index (Phi) is 3.41. The third-order valence-electron chi connectivity index (χ3n) is 5.85. The molecule has 24 heavy (non-hydrogen) atoms. The van der Waals surface area contributed by atoms with Crippen LogP contribution in [0.3, 0.4) is 0 Å². The molecule has 0 unspecified atom stereocenters. The van der Waals surface area contributed by atoms with Crippen LogP contribution in [0, 0.1) is 0 Å². The lowest BCUT2D eigenvalue weighted by Crippen LogP contribution is -2.55. The molecule has 1 aromatic carbocycles. The maximum atomic E-state index is 12.9. The van der Waals surface area contributed by atoms with Gasteiger partial charge in [0.15, 0.2) is 0 Å². The van der Waals surface area contributed by atoms with Gasteiger partial charge in [0.1, 0.15) is 12.4 Å². The average Bonchev–Trinajstić information content (AvgIpc) is 2.99. The van der Waals surface area contributed by atoms with E-state index in [0.717, 1.165) is 62.4 Å². The van der Waals surface area contributed by atoms with E-state index < -0.39 is 0 Å². The minimum Gasteiger partial charge on any atom is -0.489 e. The Morgan fingerprint density at radius 2 is 1.96 bits per heavy atom. The van der Waals surface area contributed by atoms with Crippen molar-refractivity contribution in [2.75, 3.05) is 44.2 Å². The van der Waals surface area contributed by atoms with Crippen molar-refractivity contribution in [1.82, 2.24) is 15.5 Å². The third kappa shape index (κ3) is 2.13. The molecule has 5 rings (SSSR count). The highest BCUT2D eigenvalue weighted by atomic mass is 16.5. The molecule has 4 aliphatic heterocycles. The van der Waals surface area contributed by atoms with Gasteiger partial charge < -0.3 is 25.2 Å². The van der Waals surface area contributed by atoms with Gasteiger partial charge in [0.2, 0.25) is 0 Å². The number of nitrogens with one attached hydrogen (secondary N) is 2. The van der Waals surface area contributed by atoms with Gasteiger partial charge in [-0.25, -0.2) is 0 Å². The predicted octanol–water partition coefficient (Wildman–Crippen LogP) is 0.565. The van der Waals surface area contributed by atoms with Crippen molar-refractivity contribution < 1.29 is 9.53 Å². The first kappa shape index (κ1) is 14.5. The largest absolute Gasteiger partial charge is 0.489 e. The fraction of sp³-hybridized carbons (Fsp3) is 0.611. The summed E-state index contributed by atoms with van der Waals surface area (Å²) in [5, 5.41) is 6.85. The predicted molar refractivity (Wildman–Crippen MR) is 91.7 cm³/mol. The van der Waals surface area contributed by atoms with Crippen LogP contribution < -0.4 is 20.3 Å². The average molecular weight is 328 g/mol. The number of hydrogen-bond donors (Lipinski definition) is 2. The Hall–Kier alpha value is -1.79. The van der Waals surface area contributed by atoms with Crippen LogP contribution >= 0.6 is 0 Å². The minimum atomic E-state index is 0.174. The van der Waals surface area contributed by atoms with Crippen LogP contribution in [0.2, 0.25) is 0 Å². The van der Waals surface area contributed by atoms with E-state index in [1.807, 2.05) is 11.0 Å². The van der Waals surface area contributed by atoms with E-state index in [0.29, 0.717) is 25.2 Å². The maximum Gasteiger partial charge on any atom is 0.254 e. The lowest BCUT2D eigenvalue weighted by molar-refractivity contribution is 0.0674. The lowest BCUT2D eigenvalue weighted by atomic mass is 10.0. The molecule has 2 atom stereocenters. The molecule has 0 radical (unpaired) electrons. The number of piperidine rings is 1.